The highest BCUT2D eigenvalue weighted by Gasteiger charge is 2.13. The molecule has 0 fully saturated rings. The van der Waals surface area contributed by atoms with Crippen molar-refractivity contribution >= 4 is 29.1 Å². The molecule has 6 nitrogen and oxygen atoms in total. The van der Waals surface area contributed by atoms with Crippen LogP contribution in [0.5, 0.6) is 5.75 Å². The summed E-state index contributed by atoms with van der Waals surface area (Å²) in [5.41, 5.74) is 1.78. The number of carbonyl (C=O) groups is 1. The number of benzene rings is 2. The molecule has 1 N–H and O–H groups in total. The average molecular weight is 321 g/mol. The fraction of sp³-hybridized carbons (Fsp3) is 0.133. The molecule has 1 amide bonds. The number of aryl methyl sites for hydroxylation is 2. The highest BCUT2D eigenvalue weighted by atomic mass is 35.5. The summed E-state index contributed by atoms with van der Waals surface area (Å²) in [4.78, 5) is 22.0. The summed E-state index contributed by atoms with van der Waals surface area (Å²) >= 11 is 5.97. The smallest absolute Gasteiger partial charge is 0.410 e. The van der Waals surface area contributed by atoms with E-state index in [1.54, 1.807) is 25.1 Å². The van der Waals surface area contributed by atoms with E-state index in [1.807, 2.05) is 6.92 Å². The van der Waals surface area contributed by atoms with Gasteiger partial charge in [-0.1, -0.05) is 17.7 Å². The van der Waals surface area contributed by atoms with E-state index in [0.717, 1.165) is 5.56 Å². The zero-order chi connectivity index (χ0) is 16.3. The van der Waals surface area contributed by atoms with Crippen molar-refractivity contribution in [3.63, 3.8) is 0 Å². The van der Waals surface area contributed by atoms with Gasteiger partial charge in [-0.15, -0.1) is 0 Å². The molecule has 0 atom stereocenters. The third kappa shape index (κ3) is 3.73. The van der Waals surface area contributed by atoms with Gasteiger partial charge in [0.1, 0.15) is 5.75 Å². The lowest BCUT2D eigenvalue weighted by Gasteiger charge is -2.08. The zero-order valence-electron chi connectivity index (χ0n) is 11.9. The first-order valence-corrected chi connectivity index (χ1v) is 6.74. The number of ether oxygens (including phenoxy) is 1. The minimum Gasteiger partial charge on any atom is -0.410 e. The number of nitro groups is 1. The molecule has 22 heavy (non-hydrogen) atoms. The predicted octanol–water partition coefficient (Wildman–Crippen LogP) is 4.48. The second-order valence-corrected chi connectivity index (χ2v) is 5.09. The third-order valence-electron chi connectivity index (χ3n) is 2.99. The molecule has 0 radical (unpaired) electrons. The van der Waals surface area contributed by atoms with E-state index in [0.29, 0.717) is 16.3 Å². The maximum atomic E-state index is 11.8. The molecular formula is C15H13ClN2O4. The molecule has 0 saturated heterocycles. The van der Waals surface area contributed by atoms with Gasteiger partial charge in [0.25, 0.3) is 5.69 Å². The van der Waals surface area contributed by atoms with Gasteiger partial charge in [0.15, 0.2) is 0 Å². The van der Waals surface area contributed by atoms with Gasteiger partial charge in [0.2, 0.25) is 0 Å². The number of carbonyl (C=O) groups excluding carboxylic acids is 1. The Hall–Kier alpha value is -2.60. The second kappa shape index (κ2) is 6.44. The van der Waals surface area contributed by atoms with Crippen molar-refractivity contribution < 1.29 is 14.5 Å². The first kappa shape index (κ1) is 15.8. The fourth-order valence-electron chi connectivity index (χ4n) is 1.82. The molecule has 0 bridgehead atoms. The van der Waals surface area contributed by atoms with E-state index in [9.17, 15) is 14.9 Å². The molecule has 2 aromatic carbocycles. The number of hydrogen-bond acceptors (Lipinski definition) is 4. The summed E-state index contributed by atoms with van der Waals surface area (Å²) in [7, 11) is 0. The minimum atomic E-state index is -0.701. The summed E-state index contributed by atoms with van der Waals surface area (Å²) in [6.07, 6.45) is -0.701. The standard InChI is InChI=1S/C15H13ClN2O4/c1-9-3-4-11(8-13(9)16)17-15(19)22-12-5-6-14(18(20)21)10(2)7-12/h3-8H,1-2H3,(H,17,19). The van der Waals surface area contributed by atoms with Crippen molar-refractivity contribution in [2.45, 2.75) is 13.8 Å². The number of nitrogens with zero attached hydrogens (tertiary/aromatic N) is 1. The Balaban J connectivity index is 2.07. The van der Waals surface area contributed by atoms with Gasteiger partial charge in [-0.3, -0.25) is 15.4 Å². The van der Waals surface area contributed by atoms with E-state index in [4.69, 9.17) is 16.3 Å². The molecule has 0 heterocycles. The van der Waals surface area contributed by atoms with E-state index < -0.39 is 11.0 Å². The summed E-state index contributed by atoms with van der Waals surface area (Å²) in [6.45, 7) is 3.42. The SMILES string of the molecule is Cc1ccc(NC(=O)Oc2ccc([N+](=O)[O-])c(C)c2)cc1Cl. The first-order valence-electron chi connectivity index (χ1n) is 6.37. The number of nitrogens with one attached hydrogen (secondary N) is 1. The molecule has 114 valence electrons. The number of hydrogen-bond donors (Lipinski definition) is 1. The number of rotatable bonds is 3. The lowest BCUT2D eigenvalue weighted by atomic mass is 10.2. The maximum absolute atomic E-state index is 11.8. The highest BCUT2D eigenvalue weighted by Crippen LogP contribution is 2.24. The van der Waals surface area contributed by atoms with Gasteiger partial charge in [-0.2, -0.15) is 0 Å². The Morgan fingerprint density at radius 3 is 2.50 bits per heavy atom. The van der Waals surface area contributed by atoms with Crippen LogP contribution in [0.4, 0.5) is 16.2 Å². The van der Waals surface area contributed by atoms with Crippen LogP contribution < -0.4 is 10.1 Å². The topological polar surface area (TPSA) is 81.5 Å². The normalized spacial score (nSPS) is 10.1. The Kier molecular flexibility index (Phi) is 4.62. The van der Waals surface area contributed by atoms with E-state index >= 15 is 0 Å². The van der Waals surface area contributed by atoms with Crippen molar-refractivity contribution in [3.05, 3.63) is 62.7 Å². The van der Waals surface area contributed by atoms with Gasteiger partial charge in [-0.25, -0.2) is 4.79 Å². The number of nitro benzene ring substituents is 1. The monoisotopic (exact) mass is 320 g/mol. The van der Waals surface area contributed by atoms with E-state index in [-0.39, 0.29) is 11.4 Å². The molecule has 0 aliphatic rings. The minimum absolute atomic E-state index is 0.0296. The van der Waals surface area contributed by atoms with Crippen molar-refractivity contribution in [2.75, 3.05) is 5.32 Å². The van der Waals surface area contributed by atoms with Crippen LogP contribution in [0.15, 0.2) is 36.4 Å². The van der Waals surface area contributed by atoms with Gasteiger partial charge in [0.05, 0.1) is 4.92 Å². The summed E-state index contributed by atoms with van der Waals surface area (Å²) in [6, 6.07) is 9.17. The van der Waals surface area contributed by atoms with E-state index in [1.165, 1.54) is 18.2 Å². The fourth-order valence-corrected chi connectivity index (χ4v) is 2.00. The molecule has 7 heteroatoms. The van der Waals surface area contributed by atoms with Gasteiger partial charge >= 0.3 is 6.09 Å². The Bertz CT molecular complexity index is 746. The molecule has 0 aliphatic carbocycles. The maximum Gasteiger partial charge on any atom is 0.417 e. The lowest BCUT2D eigenvalue weighted by Crippen LogP contribution is -2.16. The lowest BCUT2D eigenvalue weighted by molar-refractivity contribution is -0.385. The summed E-state index contributed by atoms with van der Waals surface area (Å²) in [5, 5.41) is 13.8. The Morgan fingerprint density at radius 1 is 1.18 bits per heavy atom. The molecule has 0 aromatic heterocycles. The second-order valence-electron chi connectivity index (χ2n) is 4.68. The quantitative estimate of drug-likeness (QED) is 0.668. The predicted molar refractivity (Wildman–Crippen MR) is 83.7 cm³/mol. The summed E-state index contributed by atoms with van der Waals surface area (Å²) in [5.74, 6) is 0.221. The molecule has 2 rings (SSSR count). The van der Waals surface area contributed by atoms with Crippen LogP contribution in [-0.4, -0.2) is 11.0 Å². The molecular weight excluding hydrogens is 308 g/mol. The van der Waals surface area contributed by atoms with Gasteiger partial charge in [0, 0.05) is 22.3 Å². The Morgan fingerprint density at radius 2 is 1.91 bits per heavy atom. The van der Waals surface area contributed by atoms with Crippen LogP contribution in [0.2, 0.25) is 5.02 Å². The zero-order valence-corrected chi connectivity index (χ0v) is 12.7. The van der Waals surface area contributed by atoms with Crippen LogP contribution in [0, 0.1) is 24.0 Å². The molecule has 2 aromatic rings. The van der Waals surface area contributed by atoms with E-state index in [2.05, 4.69) is 5.32 Å². The van der Waals surface area contributed by atoms with Gasteiger partial charge in [-0.05, 0) is 43.7 Å². The average Bonchev–Trinajstić information content (AvgIpc) is 2.42. The molecule has 0 unspecified atom stereocenters. The van der Waals surface area contributed by atoms with Crippen LogP contribution in [0.3, 0.4) is 0 Å². The van der Waals surface area contributed by atoms with Crippen LogP contribution >= 0.6 is 11.6 Å². The van der Waals surface area contributed by atoms with Crippen LogP contribution in [-0.2, 0) is 0 Å². The Labute approximate surface area is 131 Å². The summed E-state index contributed by atoms with van der Waals surface area (Å²) < 4.78 is 5.09. The van der Waals surface area contributed by atoms with Gasteiger partial charge < -0.3 is 4.74 Å². The van der Waals surface area contributed by atoms with Crippen LogP contribution in [0.1, 0.15) is 11.1 Å². The van der Waals surface area contributed by atoms with Crippen molar-refractivity contribution in [3.8, 4) is 5.75 Å². The van der Waals surface area contributed by atoms with Crippen molar-refractivity contribution in [1.82, 2.24) is 0 Å². The first-order chi connectivity index (χ1) is 10.4. The van der Waals surface area contributed by atoms with Crippen molar-refractivity contribution in [2.24, 2.45) is 0 Å². The van der Waals surface area contributed by atoms with Crippen molar-refractivity contribution in [1.29, 1.82) is 0 Å². The molecule has 0 aliphatic heterocycles. The van der Waals surface area contributed by atoms with Crippen LogP contribution in [0.25, 0.3) is 0 Å². The molecule has 0 spiro atoms. The molecule has 0 saturated carbocycles. The third-order valence-corrected chi connectivity index (χ3v) is 3.40. The number of anilines is 1. The number of amides is 1. The number of halogens is 1. The highest BCUT2D eigenvalue weighted by molar-refractivity contribution is 6.31. The largest absolute Gasteiger partial charge is 0.417 e.